The van der Waals surface area contributed by atoms with Crippen LogP contribution in [0.3, 0.4) is 0 Å². The lowest BCUT2D eigenvalue weighted by Crippen LogP contribution is -2.58. The maximum absolute atomic E-state index is 12.7. The van der Waals surface area contributed by atoms with Gasteiger partial charge in [-0.3, -0.25) is 19.9 Å². The molecule has 0 spiro atoms. The van der Waals surface area contributed by atoms with E-state index in [2.05, 4.69) is 10.7 Å². The van der Waals surface area contributed by atoms with Crippen molar-refractivity contribution in [1.29, 1.82) is 0 Å². The van der Waals surface area contributed by atoms with Crippen LogP contribution in [-0.2, 0) is 14.3 Å². The predicted molar refractivity (Wildman–Crippen MR) is 81.9 cm³/mol. The summed E-state index contributed by atoms with van der Waals surface area (Å²) >= 11 is 0. The van der Waals surface area contributed by atoms with Crippen molar-refractivity contribution in [3.05, 3.63) is 30.3 Å². The average molecular weight is 303 g/mol. The molecule has 118 valence electrons. The van der Waals surface area contributed by atoms with E-state index in [0.29, 0.717) is 13.2 Å². The molecule has 0 aromatic heterocycles. The minimum absolute atomic E-state index is 0.0394. The molecule has 2 saturated heterocycles. The number of para-hydroxylation sites is 1. The lowest BCUT2D eigenvalue weighted by molar-refractivity contribution is -0.153. The molecule has 2 aliphatic heterocycles. The molecular weight excluding hydrogens is 282 g/mol. The van der Waals surface area contributed by atoms with Crippen LogP contribution in [0.2, 0.25) is 0 Å². The quantitative estimate of drug-likeness (QED) is 0.632. The van der Waals surface area contributed by atoms with Crippen LogP contribution >= 0.6 is 0 Å². The highest BCUT2D eigenvalue weighted by molar-refractivity contribution is 6.02. The SMILES string of the molecule is CCOC(=O)C1CNC2C(C1=O)C(C)NN2c1ccccc1. The largest absolute Gasteiger partial charge is 0.465 e. The molecular formula is C16H21N3O3. The molecule has 4 unspecified atom stereocenters. The molecule has 2 N–H and O–H groups in total. The Balaban J connectivity index is 1.81. The summed E-state index contributed by atoms with van der Waals surface area (Å²) in [5.74, 6) is -1.45. The van der Waals surface area contributed by atoms with Gasteiger partial charge in [-0.05, 0) is 26.0 Å². The molecule has 2 heterocycles. The fourth-order valence-electron chi connectivity index (χ4n) is 3.27. The number of esters is 1. The van der Waals surface area contributed by atoms with Gasteiger partial charge in [0.2, 0.25) is 0 Å². The first kappa shape index (κ1) is 15.0. The second-order valence-electron chi connectivity index (χ2n) is 5.71. The number of piperidine rings is 1. The number of nitrogens with one attached hydrogen (secondary N) is 2. The molecule has 1 aromatic rings. The summed E-state index contributed by atoms with van der Waals surface area (Å²) < 4.78 is 5.01. The molecule has 0 aliphatic carbocycles. The van der Waals surface area contributed by atoms with Gasteiger partial charge in [0.05, 0.1) is 18.2 Å². The van der Waals surface area contributed by atoms with Crippen molar-refractivity contribution in [2.24, 2.45) is 11.8 Å². The van der Waals surface area contributed by atoms with Crippen molar-refractivity contribution in [3.8, 4) is 0 Å². The smallest absolute Gasteiger partial charge is 0.317 e. The highest BCUT2D eigenvalue weighted by Crippen LogP contribution is 2.31. The number of ether oxygens (including phenoxy) is 1. The van der Waals surface area contributed by atoms with E-state index in [1.807, 2.05) is 42.3 Å². The van der Waals surface area contributed by atoms with E-state index < -0.39 is 11.9 Å². The summed E-state index contributed by atoms with van der Waals surface area (Å²) in [6.07, 6.45) is -0.143. The van der Waals surface area contributed by atoms with E-state index >= 15 is 0 Å². The Morgan fingerprint density at radius 1 is 1.36 bits per heavy atom. The highest BCUT2D eigenvalue weighted by atomic mass is 16.5. The van der Waals surface area contributed by atoms with Crippen molar-refractivity contribution in [2.75, 3.05) is 18.2 Å². The highest BCUT2D eigenvalue weighted by Gasteiger charge is 2.50. The second-order valence-corrected chi connectivity index (χ2v) is 5.71. The van der Waals surface area contributed by atoms with Crippen LogP contribution < -0.4 is 15.8 Å². The van der Waals surface area contributed by atoms with Crippen LogP contribution in [-0.4, -0.2) is 37.1 Å². The average Bonchev–Trinajstić information content (AvgIpc) is 2.86. The van der Waals surface area contributed by atoms with Gasteiger partial charge < -0.3 is 4.74 Å². The number of ketones is 1. The van der Waals surface area contributed by atoms with Gasteiger partial charge in [-0.15, -0.1) is 0 Å². The molecule has 0 saturated carbocycles. The van der Waals surface area contributed by atoms with Crippen LogP contribution in [0.4, 0.5) is 5.69 Å². The van der Waals surface area contributed by atoms with E-state index in [4.69, 9.17) is 4.74 Å². The van der Waals surface area contributed by atoms with E-state index in [1.165, 1.54) is 0 Å². The summed E-state index contributed by atoms with van der Waals surface area (Å²) in [7, 11) is 0. The van der Waals surface area contributed by atoms with Gasteiger partial charge in [0.1, 0.15) is 12.1 Å². The van der Waals surface area contributed by atoms with E-state index in [0.717, 1.165) is 5.69 Å². The minimum atomic E-state index is -0.707. The third-order valence-corrected chi connectivity index (χ3v) is 4.31. The Kier molecular flexibility index (Phi) is 4.13. The third-order valence-electron chi connectivity index (χ3n) is 4.31. The van der Waals surface area contributed by atoms with Gasteiger partial charge in [0, 0.05) is 12.6 Å². The van der Waals surface area contributed by atoms with Crippen LogP contribution in [0, 0.1) is 11.8 Å². The van der Waals surface area contributed by atoms with Gasteiger partial charge in [0.25, 0.3) is 0 Å². The molecule has 0 bridgehead atoms. The van der Waals surface area contributed by atoms with Crippen molar-refractivity contribution < 1.29 is 14.3 Å². The Bertz CT molecular complexity index is 563. The Labute approximate surface area is 129 Å². The fraction of sp³-hybridized carbons (Fsp3) is 0.500. The first-order chi connectivity index (χ1) is 10.6. The standard InChI is InChI=1S/C16H21N3O3/c1-3-22-16(21)12-9-17-15-13(14(12)20)10(2)18-19(15)11-7-5-4-6-8-11/h4-8,10,12-13,15,17-18H,3,9H2,1-2H3. The second kappa shape index (κ2) is 6.06. The van der Waals surface area contributed by atoms with E-state index in [9.17, 15) is 9.59 Å². The van der Waals surface area contributed by atoms with Crippen molar-refractivity contribution >= 4 is 17.4 Å². The zero-order chi connectivity index (χ0) is 15.7. The van der Waals surface area contributed by atoms with Gasteiger partial charge in [-0.1, -0.05) is 18.2 Å². The molecule has 4 atom stereocenters. The van der Waals surface area contributed by atoms with E-state index in [-0.39, 0.29) is 23.9 Å². The first-order valence-electron chi connectivity index (χ1n) is 7.67. The Hall–Kier alpha value is -1.92. The van der Waals surface area contributed by atoms with Crippen LogP contribution in [0.1, 0.15) is 13.8 Å². The van der Waals surface area contributed by atoms with Gasteiger partial charge in [-0.25, -0.2) is 5.43 Å². The summed E-state index contributed by atoms with van der Waals surface area (Å²) in [5, 5.41) is 5.30. The number of carbonyl (C=O) groups excluding carboxylic acids is 2. The molecule has 22 heavy (non-hydrogen) atoms. The minimum Gasteiger partial charge on any atom is -0.465 e. The predicted octanol–water partition coefficient (Wildman–Crippen LogP) is 0.694. The molecule has 0 amide bonds. The summed E-state index contributed by atoms with van der Waals surface area (Å²) in [5.41, 5.74) is 4.33. The number of hydrazine groups is 1. The van der Waals surface area contributed by atoms with Crippen molar-refractivity contribution in [2.45, 2.75) is 26.1 Å². The normalized spacial score (nSPS) is 31.0. The monoisotopic (exact) mass is 303 g/mol. The maximum atomic E-state index is 12.7. The zero-order valence-corrected chi connectivity index (χ0v) is 12.8. The van der Waals surface area contributed by atoms with Gasteiger partial charge >= 0.3 is 5.97 Å². The Morgan fingerprint density at radius 3 is 2.77 bits per heavy atom. The van der Waals surface area contributed by atoms with Gasteiger partial charge in [0.15, 0.2) is 5.78 Å². The molecule has 2 fully saturated rings. The summed E-state index contributed by atoms with van der Waals surface area (Å²) in [6, 6.07) is 9.82. The molecule has 3 rings (SSSR count). The summed E-state index contributed by atoms with van der Waals surface area (Å²) in [6.45, 7) is 4.32. The number of hydrogen-bond acceptors (Lipinski definition) is 6. The summed E-state index contributed by atoms with van der Waals surface area (Å²) in [4.78, 5) is 24.6. The molecule has 6 nitrogen and oxygen atoms in total. The molecule has 6 heteroatoms. The molecule has 2 aliphatic rings. The van der Waals surface area contributed by atoms with E-state index in [1.54, 1.807) is 6.92 Å². The number of nitrogens with zero attached hydrogens (tertiary/aromatic N) is 1. The lowest BCUT2D eigenvalue weighted by atomic mass is 9.83. The fourth-order valence-corrected chi connectivity index (χ4v) is 3.27. The number of benzene rings is 1. The topological polar surface area (TPSA) is 70.7 Å². The number of rotatable bonds is 3. The number of anilines is 1. The van der Waals surface area contributed by atoms with Gasteiger partial charge in [-0.2, -0.15) is 0 Å². The van der Waals surface area contributed by atoms with Crippen LogP contribution in [0.15, 0.2) is 30.3 Å². The van der Waals surface area contributed by atoms with Crippen molar-refractivity contribution in [1.82, 2.24) is 10.7 Å². The Morgan fingerprint density at radius 2 is 2.09 bits per heavy atom. The number of fused-ring (bicyclic) bond motifs is 1. The zero-order valence-electron chi connectivity index (χ0n) is 12.8. The third kappa shape index (κ3) is 2.48. The number of carbonyl (C=O) groups is 2. The lowest BCUT2D eigenvalue weighted by Gasteiger charge is -2.34. The van der Waals surface area contributed by atoms with Crippen LogP contribution in [0.5, 0.6) is 0 Å². The maximum Gasteiger partial charge on any atom is 0.317 e. The number of Topliss-reactive ketones (excluding diaryl/α,β-unsaturated/α-hetero) is 1. The van der Waals surface area contributed by atoms with Crippen molar-refractivity contribution in [3.63, 3.8) is 0 Å². The number of hydrogen-bond donors (Lipinski definition) is 2. The first-order valence-corrected chi connectivity index (χ1v) is 7.67. The van der Waals surface area contributed by atoms with Crippen LogP contribution in [0.25, 0.3) is 0 Å². The molecule has 1 aromatic carbocycles. The molecule has 0 radical (unpaired) electrons.